The van der Waals surface area contributed by atoms with Crippen molar-refractivity contribution >= 4 is 5.91 Å². The van der Waals surface area contributed by atoms with Crippen LogP contribution in [0.15, 0.2) is 34.7 Å². The van der Waals surface area contributed by atoms with Crippen LogP contribution in [0, 0.1) is 0 Å². The number of nitrogens with zero attached hydrogens (tertiary/aromatic N) is 1. The second kappa shape index (κ2) is 13.1. The molecule has 182 valence electrons. The molecule has 2 aromatic rings. The van der Waals surface area contributed by atoms with Crippen LogP contribution in [0.4, 0.5) is 0 Å². The average molecular weight is 459 g/mol. The molecular weight excluding hydrogens is 420 g/mol. The van der Waals surface area contributed by atoms with Gasteiger partial charge in [-0.3, -0.25) is 4.79 Å². The zero-order chi connectivity index (χ0) is 23.5. The molecule has 2 heterocycles. The van der Waals surface area contributed by atoms with Crippen LogP contribution in [0.5, 0.6) is 17.2 Å². The molecule has 3 rings (SSSR count). The van der Waals surface area contributed by atoms with Gasteiger partial charge >= 0.3 is 0 Å². The zero-order valence-corrected chi connectivity index (χ0v) is 20.2. The van der Waals surface area contributed by atoms with Crippen molar-refractivity contribution in [2.75, 3.05) is 26.4 Å². The third-order valence-electron chi connectivity index (χ3n) is 5.68. The number of hydrogen-bond donors (Lipinski definition) is 1. The Bertz CT molecular complexity index is 856. The molecule has 7 heteroatoms. The van der Waals surface area contributed by atoms with E-state index in [2.05, 4.69) is 31.0 Å². The van der Waals surface area contributed by atoms with Gasteiger partial charge in [-0.2, -0.15) is 0 Å². The number of nitrogens with one attached hydrogen (secondary N) is 1. The molecule has 7 nitrogen and oxygen atoms in total. The van der Waals surface area contributed by atoms with E-state index in [0.29, 0.717) is 28.8 Å². The van der Waals surface area contributed by atoms with Crippen LogP contribution in [0.3, 0.4) is 0 Å². The molecule has 0 radical (unpaired) electrons. The minimum atomic E-state index is -0.195. The van der Waals surface area contributed by atoms with Crippen LogP contribution >= 0.6 is 0 Å². The number of carbonyl (C=O) groups excluding carboxylic acids is 1. The van der Waals surface area contributed by atoms with Crippen LogP contribution in [-0.2, 0) is 6.61 Å². The summed E-state index contributed by atoms with van der Waals surface area (Å²) in [6.07, 6.45) is 7.33. The third kappa shape index (κ3) is 8.00. The summed E-state index contributed by atoms with van der Waals surface area (Å²) in [6.45, 7) is 9.97. The smallest absolute Gasteiger partial charge is 0.287 e. The molecule has 1 aromatic heterocycles. The Morgan fingerprint density at radius 2 is 1.76 bits per heavy atom. The first kappa shape index (κ1) is 25.0. The van der Waals surface area contributed by atoms with Crippen molar-refractivity contribution in [1.82, 2.24) is 10.2 Å². The topological polar surface area (TPSA) is 73.2 Å². The quantitative estimate of drug-likeness (QED) is 0.361. The van der Waals surface area contributed by atoms with E-state index in [1.165, 1.54) is 38.5 Å². The molecule has 0 fully saturated rings. The maximum atomic E-state index is 12.7. The highest BCUT2D eigenvalue weighted by molar-refractivity contribution is 5.91. The Balaban J connectivity index is 1.46. The van der Waals surface area contributed by atoms with E-state index in [9.17, 15) is 4.79 Å². The van der Waals surface area contributed by atoms with Crippen LogP contribution < -0.4 is 19.5 Å². The molecular formula is C26H38N2O5. The van der Waals surface area contributed by atoms with Gasteiger partial charge in [-0.15, -0.1) is 0 Å². The number of benzene rings is 1. The Morgan fingerprint density at radius 3 is 2.48 bits per heavy atom. The van der Waals surface area contributed by atoms with Gasteiger partial charge in [-0.1, -0.05) is 39.5 Å². The zero-order valence-electron chi connectivity index (χ0n) is 20.2. The summed E-state index contributed by atoms with van der Waals surface area (Å²) in [4.78, 5) is 15.2. The second-order valence-corrected chi connectivity index (χ2v) is 8.66. The van der Waals surface area contributed by atoms with Crippen LogP contribution in [0.2, 0.25) is 0 Å². The van der Waals surface area contributed by atoms with Gasteiger partial charge in [0.15, 0.2) is 17.3 Å². The largest absolute Gasteiger partial charge is 0.486 e. The fourth-order valence-electron chi connectivity index (χ4n) is 3.89. The van der Waals surface area contributed by atoms with Gasteiger partial charge in [0.05, 0.1) is 0 Å². The lowest BCUT2D eigenvalue weighted by Gasteiger charge is -2.26. The highest BCUT2D eigenvalue weighted by Gasteiger charge is 2.17. The van der Waals surface area contributed by atoms with Crippen LogP contribution in [-0.4, -0.2) is 43.3 Å². The molecule has 1 amide bonds. The van der Waals surface area contributed by atoms with Crippen molar-refractivity contribution in [3.8, 4) is 17.2 Å². The van der Waals surface area contributed by atoms with E-state index >= 15 is 0 Å². The number of hydrogen-bond acceptors (Lipinski definition) is 6. The van der Waals surface area contributed by atoms with Crippen LogP contribution in [0.25, 0.3) is 0 Å². The maximum absolute atomic E-state index is 12.7. The maximum Gasteiger partial charge on any atom is 0.287 e. The lowest BCUT2D eigenvalue weighted by Crippen LogP contribution is -2.42. The van der Waals surface area contributed by atoms with Gasteiger partial charge in [0.25, 0.3) is 5.91 Å². The molecule has 1 aliphatic rings. The second-order valence-electron chi connectivity index (χ2n) is 8.66. The molecule has 0 spiro atoms. The summed E-state index contributed by atoms with van der Waals surface area (Å²) in [5, 5.41) is 3.08. The molecule has 0 saturated carbocycles. The number of amides is 1. The number of ether oxygens (including phenoxy) is 3. The lowest BCUT2D eigenvalue weighted by molar-refractivity contribution is 0.0896. The van der Waals surface area contributed by atoms with Gasteiger partial charge < -0.3 is 28.8 Å². The Labute approximate surface area is 197 Å². The minimum Gasteiger partial charge on any atom is -0.486 e. The summed E-state index contributed by atoms with van der Waals surface area (Å²) >= 11 is 0. The fourth-order valence-corrected chi connectivity index (χ4v) is 3.89. The summed E-state index contributed by atoms with van der Waals surface area (Å²) in [5.41, 5.74) is 0. The highest BCUT2D eigenvalue weighted by Crippen LogP contribution is 2.35. The van der Waals surface area contributed by atoms with E-state index in [4.69, 9.17) is 18.6 Å². The van der Waals surface area contributed by atoms with E-state index < -0.39 is 0 Å². The Hall–Kier alpha value is -2.67. The number of fused-ring (bicyclic) bond motifs is 1. The molecule has 1 aromatic carbocycles. The number of unbranched alkanes of at least 4 members (excludes halogenated alkanes) is 4. The van der Waals surface area contributed by atoms with Crippen molar-refractivity contribution in [3.05, 3.63) is 41.9 Å². The van der Waals surface area contributed by atoms with E-state index in [-0.39, 0.29) is 25.3 Å². The van der Waals surface area contributed by atoms with Crippen molar-refractivity contribution in [2.45, 2.75) is 71.9 Å². The van der Waals surface area contributed by atoms with Gasteiger partial charge in [-0.05, 0) is 57.1 Å². The summed E-state index contributed by atoms with van der Waals surface area (Å²) in [6, 6.07) is 8.92. The predicted octanol–water partition coefficient (Wildman–Crippen LogP) is 5.39. The van der Waals surface area contributed by atoms with E-state index in [1.807, 2.05) is 12.1 Å². The number of furan rings is 1. The molecule has 1 N–H and O–H groups in total. The molecule has 0 bridgehead atoms. The number of carbonyl (C=O) groups is 1. The van der Waals surface area contributed by atoms with E-state index in [0.717, 1.165) is 19.6 Å². The summed E-state index contributed by atoms with van der Waals surface area (Å²) in [7, 11) is 0. The van der Waals surface area contributed by atoms with Gasteiger partial charge in [0.1, 0.15) is 18.1 Å². The molecule has 1 atom stereocenters. The molecule has 0 saturated heterocycles. The third-order valence-corrected chi connectivity index (χ3v) is 5.68. The van der Waals surface area contributed by atoms with E-state index in [1.54, 1.807) is 18.2 Å². The highest BCUT2D eigenvalue weighted by atomic mass is 16.7. The monoisotopic (exact) mass is 458 g/mol. The van der Waals surface area contributed by atoms with Gasteiger partial charge in [0, 0.05) is 18.7 Å². The number of rotatable bonds is 15. The predicted molar refractivity (Wildman–Crippen MR) is 128 cm³/mol. The first-order chi connectivity index (χ1) is 16.1. The average Bonchev–Trinajstić information content (AvgIpc) is 3.47. The lowest BCUT2D eigenvalue weighted by atomic mass is 10.2. The standard InChI is InChI=1S/C26H38N2O5/c1-4-6-8-14-28(15-9-7-5-2)17-20(3)27-26(29)24-13-11-22(33-24)18-30-21-10-12-23-25(16-21)32-19-31-23/h10-13,16,20H,4-9,14-15,17-19H2,1-3H3,(H,27,29). The van der Waals surface area contributed by atoms with Crippen molar-refractivity contribution in [2.24, 2.45) is 0 Å². The van der Waals surface area contributed by atoms with Crippen molar-refractivity contribution < 1.29 is 23.4 Å². The first-order valence-corrected chi connectivity index (χ1v) is 12.2. The van der Waals surface area contributed by atoms with Crippen molar-refractivity contribution in [3.63, 3.8) is 0 Å². The van der Waals surface area contributed by atoms with Crippen molar-refractivity contribution in [1.29, 1.82) is 0 Å². The SMILES string of the molecule is CCCCCN(CCCCC)CC(C)NC(=O)c1ccc(COc2ccc3c(c2)OCO3)o1. The van der Waals surface area contributed by atoms with Gasteiger partial charge in [-0.25, -0.2) is 0 Å². The Morgan fingerprint density at radius 1 is 1.03 bits per heavy atom. The first-order valence-electron chi connectivity index (χ1n) is 12.2. The Kier molecular flexibility index (Phi) is 9.94. The fraction of sp³-hybridized carbons (Fsp3) is 0.577. The minimum absolute atomic E-state index is 0.0409. The van der Waals surface area contributed by atoms with Gasteiger partial charge in [0.2, 0.25) is 6.79 Å². The molecule has 1 unspecified atom stereocenters. The molecule has 1 aliphatic heterocycles. The summed E-state index contributed by atoms with van der Waals surface area (Å²) in [5.74, 6) is 2.73. The normalized spacial score (nSPS) is 13.3. The van der Waals surface area contributed by atoms with Crippen LogP contribution in [0.1, 0.15) is 75.6 Å². The molecule has 33 heavy (non-hydrogen) atoms. The molecule has 0 aliphatic carbocycles. The summed E-state index contributed by atoms with van der Waals surface area (Å²) < 4.78 is 22.2.